The van der Waals surface area contributed by atoms with Crippen molar-refractivity contribution in [2.75, 3.05) is 63.2 Å². The summed E-state index contributed by atoms with van der Waals surface area (Å²) in [4.78, 5) is 15.6. The maximum absolute atomic E-state index is 16.0. The first-order valence-corrected chi connectivity index (χ1v) is 11.3. The van der Waals surface area contributed by atoms with Gasteiger partial charge in [0.25, 0.3) is 0 Å². The van der Waals surface area contributed by atoms with Gasteiger partial charge in [0.05, 0.1) is 10.6 Å². The summed E-state index contributed by atoms with van der Waals surface area (Å²) < 4.78 is 30.6. The molecule has 182 valence electrons. The zero-order chi connectivity index (χ0) is 23.3. The molecule has 34 heavy (non-hydrogen) atoms. The molecule has 7 nitrogen and oxygen atoms in total. The summed E-state index contributed by atoms with van der Waals surface area (Å²) in [6.45, 7) is 4.45. The highest BCUT2D eigenvalue weighted by Gasteiger charge is 2.32. The minimum Gasteiger partial charge on any atom is -0.507 e. The molecule has 0 saturated carbocycles. The SMILES string of the molecule is CN(C)C1CN(c2nc(N3CCNCC3)c3cc(Cl)c(-c4c(O)cccc4F)c(F)c3n2)C1.Cl. The molecule has 2 N–H and O–H groups in total. The van der Waals surface area contributed by atoms with Crippen LogP contribution in [0.2, 0.25) is 5.02 Å². The standard InChI is InChI=1S/C23H25ClF2N6O.ClH/c1-30(2)13-11-32(12-13)23-28-21-14(22(29-23)31-8-6-27-7-9-31)10-15(24)18(20(21)26)19-16(25)4-3-5-17(19)33;/h3-5,10,13,27,33H,6-9,11-12H2,1-2H3;1H. The summed E-state index contributed by atoms with van der Waals surface area (Å²) in [5.74, 6) is -0.886. The average molecular weight is 511 g/mol. The number of piperazine rings is 1. The van der Waals surface area contributed by atoms with E-state index in [1.807, 2.05) is 19.0 Å². The minimum absolute atomic E-state index is 0. The first-order valence-electron chi connectivity index (χ1n) is 10.9. The minimum atomic E-state index is -0.775. The van der Waals surface area contributed by atoms with Gasteiger partial charge in [-0.3, -0.25) is 0 Å². The molecule has 0 unspecified atom stereocenters. The van der Waals surface area contributed by atoms with Crippen LogP contribution < -0.4 is 15.1 Å². The van der Waals surface area contributed by atoms with Crippen LogP contribution in [0.25, 0.3) is 22.0 Å². The summed E-state index contributed by atoms with van der Waals surface area (Å²) in [6, 6.07) is 5.76. The molecule has 0 aliphatic carbocycles. The Kier molecular flexibility index (Phi) is 7.00. The second-order valence-corrected chi connectivity index (χ2v) is 9.09. The van der Waals surface area contributed by atoms with Crippen molar-refractivity contribution >= 4 is 46.7 Å². The number of halogens is 4. The summed E-state index contributed by atoms with van der Waals surface area (Å²) >= 11 is 6.47. The van der Waals surface area contributed by atoms with E-state index in [4.69, 9.17) is 16.6 Å². The molecule has 0 bridgehead atoms. The predicted molar refractivity (Wildman–Crippen MR) is 134 cm³/mol. The number of aromatic nitrogens is 2. The van der Waals surface area contributed by atoms with Gasteiger partial charge < -0.3 is 25.1 Å². The maximum atomic E-state index is 16.0. The third-order valence-electron chi connectivity index (χ3n) is 6.38. The van der Waals surface area contributed by atoms with Crippen LogP contribution in [-0.4, -0.2) is 79.4 Å². The normalized spacial score (nSPS) is 16.6. The summed E-state index contributed by atoms with van der Waals surface area (Å²) in [7, 11) is 4.04. The fourth-order valence-corrected chi connectivity index (χ4v) is 4.65. The Morgan fingerprint density at radius 1 is 1.09 bits per heavy atom. The largest absolute Gasteiger partial charge is 0.507 e. The fourth-order valence-electron chi connectivity index (χ4n) is 4.36. The first kappa shape index (κ1) is 24.7. The molecule has 0 radical (unpaired) electrons. The number of hydrogen-bond acceptors (Lipinski definition) is 7. The van der Waals surface area contributed by atoms with Crippen LogP contribution in [0.5, 0.6) is 5.75 Å². The van der Waals surface area contributed by atoms with E-state index in [1.54, 1.807) is 6.07 Å². The molecule has 2 saturated heterocycles. The van der Waals surface area contributed by atoms with Crippen molar-refractivity contribution in [1.29, 1.82) is 0 Å². The van der Waals surface area contributed by atoms with E-state index in [1.165, 1.54) is 12.1 Å². The van der Waals surface area contributed by atoms with Gasteiger partial charge in [0.1, 0.15) is 22.9 Å². The number of fused-ring (bicyclic) bond motifs is 1. The number of phenolic OH excluding ortho intramolecular Hbond substituents is 1. The van der Waals surface area contributed by atoms with Gasteiger partial charge in [-0.1, -0.05) is 17.7 Å². The molecule has 11 heteroatoms. The number of hydrogen-bond donors (Lipinski definition) is 2. The van der Waals surface area contributed by atoms with Crippen LogP contribution in [0.1, 0.15) is 0 Å². The molecule has 2 aromatic carbocycles. The molecule has 1 aromatic heterocycles. The quantitative estimate of drug-likeness (QED) is 0.556. The third-order valence-corrected chi connectivity index (χ3v) is 6.68. The van der Waals surface area contributed by atoms with Crippen LogP contribution in [0.15, 0.2) is 24.3 Å². The van der Waals surface area contributed by atoms with Gasteiger partial charge in [0.15, 0.2) is 5.82 Å². The molecule has 2 aliphatic heterocycles. The molecular formula is C23H26Cl2F2N6O. The van der Waals surface area contributed by atoms with Gasteiger partial charge >= 0.3 is 0 Å². The number of rotatable bonds is 4. The lowest BCUT2D eigenvalue weighted by Gasteiger charge is -2.43. The number of nitrogens with one attached hydrogen (secondary N) is 1. The Balaban J connectivity index is 0.00000274. The van der Waals surface area contributed by atoms with E-state index in [9.17, 15) is 9.50 Å². The van der Waals surface area contributed by atoms with E-state index in [0.29, 0.717) is 36.3 Å². The molecule has 3 aromatic rings. The Bertz CT molecular complexity index is 1200. The van der Waals surface area contributed by atoms with E-state index < -0.39 is 11.6 Å². The second kappa shape index (κ2) is 9.65. The number of phenols is 1. The van der Waals surface area contributed by atoms with Gasteiger partial charge in [0, 0.05) is 56.3 Å². The highest BCUT2D eigenvalue weighted by molar-refractivity contribution is 6.34. The van der Waals surface area contributed by atoms with E-state index >= 15 is 4.39 Å². The van der Waals surface area contributed by atoms with E-state index in [2.05, 4.69) is 20.1 Å². The molecule has 5 rings (SSSR count). The summed E-state index contributed by atoms with van der Waals surface area (Å²) in [5, 5.41) is 14.0. The van der Waals surface area contributed by atoms with Gasteiger partial charge in [-0.05, 0) is 32.3 Å². The van der Waals surface area contributed by atoms with Crippen LogP contribution in [0.4, 0.5) is 20.5 Å². The second-order valence-electron chi connectivity index (χ2n) is 8.68. The average Bonchev–Trinajstić information content (AvgIpc) is 2.75. The third kappa shape index (κ3) is 4.22. The predicted octanol–water partition coefficient (Wildman–Crippen LogP) is 3.52. The zero-order valence-electron chi connectivity index (χ0n) is 18.9. The molecule has 0 atom stereocenters. The van der Waals surface area contributed by atoms with Crippen LogP contribution in [-0.2, 0) is 0 Å². The Morgan fingerprint density at radius 3 is 2.44 bits per heavy atom. The molecule has 0 amide bonds. The van der Waals surface area contributed by atoms with Crippen LogP contribution in [0.3, 0.4) is 0 Å². The van der Waals surface area contributed by atoms with Crippen molar-refractivity contribution in [3.63, 3.8) is 0 Å². The molecule has 0 spiro atoms. The maximum Gasteiger partial charge on any atom is 0.228 e. The van der Waals surface area contributed by atoms with Crippen molar-refractivity contribution in [2.45, 2.75) is 6.04 Å². The van der Waals surface area contributed by atoms with Crippen molar-refractivity contribution < 1.29 is 13.9 Å². The molecule has 2 aliphatic rings. The number of anilines is 2. The number of nitrogens with zero attached hydrogens (tertiary/aromatic N) is 5. The van der Waals surface area contributed by atoms with Crippen LogP contribution >= 0.6 is 24.0 Å². The van der Waals surface area contributed by atoms with E-state index in [-0.39, 0.29) is 39.8 Å². The lowest BCUT2D eigenvalue weighted by Crippen LogP contribution is -2.58. The van der Waals surface area contributed by atoms with E-state index in [0.717, 1.165) is 32.2 Å². The highest BCUT2D eigenvalue weighted by atomic mass is 35.5. The van der Waals surface area contributed by atoms with Crippen LogP contribution in [0, 0.1) is 11.6 Å². The molecule has 3 heterocycles. The Labute approximate surface area is 207 Å². The summed E-state index contributed by atoms with van der Waals surface area (Å²) in [5.41, 5.74) is -0.420. The van der Waals surface area contributed by atoms with Gasteiger partial charge in [-0.25, -0.2) is 13.8 Å². The number of benzene rings is 2. The fraction of sp³-hybridized carbons (Fsp3) is 0.391. The lowest BCUT2D eigenvalue weighted by atomic mass is 10.0. The summed E-state index contributed by atoms with van der Waals surface area (Å²) in [6.07, 6.45) is 0. The first-order chi connectivity index (χ1) is 15.8. The van der Waals surface area contributed by atoms with Crippen molar-refractivity contribution in [3.8, 4) is 16.9 Å². The Morgan fingerprint density at radius 2 is 1.79 bits per heavy atom. The topological polar surface area (TPSA) is 67.8 Å². The van der Waals surface area contributed by atoms with Gasteiger partial charge in [-0.15, -0.1) is 12.4 Å². The van der Waals surface area contributed by atoms with Gasteiger partial charge in [-0.2, -0.15) is 4.98 Å². The highest BCUT2D eigenvalue weighted by Crippen LogP contribution is 2.42. The lowest BCUT2D eigenvalue weighted by molar-refractivity contribution is 0.245. The molecule has 2 fully saturated rings. The van der Waals surface area contributed by atoms with Gasteiger partial charge in [0.2, 0.25) is 5.95 Å². The Hall–Kier alpha value is -2.46. The molecular weight excluding hydrogens is 485 g/mol. The van der Waals surface area contributed by atoms with Crippen molar-refractivity contribution in [3.05, 3.63) is 40.9 Å². The smallest absolute Gasteiger partial charge is 0.228 e. The zero-order valence-corrected chi connectivity index (χ0v) is 20.4. The number of aromatic hydroxyl groups is 1. The number of likely N-dealkylation sites (N-methyl/N-ethyl adjacent to an activating group) is 1. The monoisotopic (exact) mass is 510 g/mol. The van der Waals surface area contributed by atoms with Crippen molar-refractivity contribution in [2.24, 2.45) is 0 Å². The van der Waals surface area contributed by atoms with Crippen molar-refractivity contribution in [1.82, 2.24) is 20.2 Å².